The summed E-state index contributed by atoms with van der Waals surface area (Å²) in [7, 11) is 9.14. The van der Waals surface area contributed by atoms with Gasteiger partial charge in [0.15, 0.2) is 5.72 Å². The molecule has 3 heterocycles. The van der Waals surface area contributed by atoms with Crippen LogP contribution in [0.3, 0.4) is 0 Å². The molecule has 0 aliphatic carbocycles. The minimum atomic E-state index is -1.82. The first-order chi connectivity index (χ1) is 24.5. The Kier molecular flexibility index (Phi) is 14.0. The number of alkyl carbamates (subject to hydrolysis) is 1. The van der Waals surface area contributed by atoms with E-state index in [1.807, 2.05) is 19.3 Å². The number of nitrogens with one attached hydrogen (secondary N) is 1. The zero-order chi connectivity index (χ0) is 38.5. The van der Waals surface area contributed by atoms with Crippen LogP contribution >= 0.6 is 33.2 Å². The first kappa shape index (κ1) is 41.8. The summed E-state index contributed by atoms with van der Waals surface area (Å²) in [5, 5.41) is 14.5. The lowest BCUT2D eigenvalue weighted by molar-refractivity contribution is -0.161. The Morgan fingerprint density at radius 3 is 2.63 bits per heavy atom. The maximum atomic E-state index is 14.1. The number of carbonyl (C=O) groups excluding carboxylic acids is 4. The van der Waals surface area contributed by atoms with E-state index in [0.29, 0.717) is 23.6 Å². The van der Waals surface area contributed by atoms with Crippen LogP contribution in [0.5, 0.6) is 5.75 Å². The Bertz CT molecular complexity index is 1580. The summed E-state index contributed by atoms with van der Waals surface area (Å²) in [5.74, 6) is -0.916. The second kappa shape index (κ2) is 17.5. The number of aliphatic hydroxyl groups is 1. The number of allylic oxidation sites excluding steroid dienone is 3. The number of hydrogen-bond donors (Lipinski definition) is 2. The van der Waals surface area contributed by atoms with E-state index in [4.69, 9.17) is 35.3 Å². The summed E-state index contributed by atoms with van der Waals surface area (Å²) in [6.45, 7) is 7.02. The first-order valence-electron chi connectivity index (χ1n) is 17.0. The second-order valence-electron chi connectivity index (χ2n) is 13.6. The van der Waals surface area contributed by atoms with Crippen molar-refractivity contribution in [3.8, 4) is 5.75 Å². The molecule has 4 rings (SSSR count). The van der Waals surface area contributed by atoms with E-state index in [-0.39, 0.29) is 30.2 Å². The molecule has 0 aromatic heterocycles. The number of nitrogens with zero attached hydrogens (tertiary/aromatic N) is 2. The van der Waals surface area contributed by atoms with Gasteiger partial charge in [-0.2, -0.15) is 0 Å². The van der Waals surface area contributed by atoms with Gasteiger partial charge in [0.05, 0.1) is 25.3 Å². The Labute approximate surface area is 318 Å². The number of carbonyl (C=O) groups is 4. The molecule has 3 aliphatic heterocycles. The van der Waals surface area contributed by atoms with Crippen molar-refractivity contribution < 1.29 is 48.0 Å². The van der Waals surface area contributed by atoms with Crippen molar-refractivity contribution in [1.82, 2.24) is 10.2 Å². The van der Waals surface area contributed by atoms with Gasteiger partial charge in [-0.1, -0.05) is 63.9 Å². The number of esters is 1. The molecule has 52 heavy (non-hydrogen) atoms. The largest absolute Gasteiger partial charge is 0.495 e. The molecule has 2 saturated heterocycles. The van der Waals surface area contributed by atoms with E-state index in [0.717, 1.165) is 11.1 Å². The second-order valence-corrected chi connectivity index (χ2v) is 16.7. The summed E-state index contributed by atoms with van der Waals surface area (Å²) < 4.78 is 29.2. The molecule has 0 spiro atoms. The lowest BCUT2D eigenvalue weighted by Gasteiger charge is -2.42. The van der Waals surface area contributed by atoms with Crippen LogP contribution in [-0.4, -0.2) is 116 Å². The van der Waals surface area contributed by atoms with Crippen LogP contribution in [0.1, 0.15) is 52.5 Å². The number of methoxy groups -OCH3 is 2. The third kappa shape index (κ3) is 9.40. The van der Waals surface area contributed by atoms with Crippen molar-refractivity contribution in [3.05, 3.63) is 46.5 Å². The van der Waals surface area contributed by atoms with Crippen molar-refractivity contribution in [3.63, 3.8) is 0 Å². The number of fused-ring (bicyclic) bond motifs is 5. The zero-order valence-corrected chi connectivity index (χ0v) is 33.5. The molecule has 16 heteroatoms. The van der Waals surface area contributed by atoms with E-state index in [1.165, 1.54) is 31.1 Å². The van der Waals surface area contributed by atoms with Crippen LogP contribution in [-0.2, 0) is 39.8 Å². The average molecular weight is 784 g/mol. The highest BCUT2D eigenvalue weighted by Crippen LogP contribution is 2.49. The number of halogens is 1. The molecule has 1 aromatic rings. The molecular formula is C36H50ClN3O10S2. The normalized spacial score (nSPS) is 31.6. The smallest absolute Gasteiger partial charge is 0.409 e. The van der Waals surface area contributed by atoms with E-state index < -0.39 is 65.7 Å². The van der Waals surface area contributed by atoms with Gasteiger partial charge >= 0.3 is 12.1 Å². The van der Waals surface area contributed by atoms with Gasteiger partial charge in [-0.25, -0.2) is 9.59 Å². The molecule has 1 aromatic carbocycles. The van der Waals surface area contributed by atoms with E-state index in [9.17, 15) is 24.3 Å². The molecule has 288 valence electrons. The molecule has 0 saturated carbocycles. The molecule has 13 nitrogen and oxygen atoms in total. The van der Waals surface area contributed by atoms with Gasteiger partial charge in [-0.05, 0) is 51.1 Å². The van der Waals surface area contributed by atoms with E-state index in [1.54, 1.807) is 73.7 Å². The summed E-state index contributed by atoms with van der Waals surface area (Å²) in [6, 6.07) is 2.63. The summed E-state index contributed by atoms with van der Waals surface area (Å²) in [4.78, 5) is 56.2. The van der Waals surface area contributed by atoms with E-state index in [2.05, 4.69) is 5.32 Å². The predicted octanol–water partition coefficient (Wildman–Crippen LogP) is 4.92. The highest BCUT2D eigenvalue weighted by molar-refractivity contribution is 8.76. The highest BCUT2D eigenvalue weighted by atomic mass is 35.5. The number of anilines is 1. The molecule has 8 atom stereocenters. The number of hydrogen-bond acceptors (Lipinski definition) is 12. The molecule has 2 fully saturated rings. The predicted molar refractivity (Wildman–Crippen MR) is 202 cm³/mol. The fourth-order valence-corrected chi connectivity index (χ4v) is 8.09. The van der Waals surface area contributed by atoms with Crippen molar-refractivity contribution in [2.45, 2.75) is 95.2 Å². The van der Waals surface area contributed by atoms with Crippen LogP contribution in [0, 0.1) is 5.92 Å². The van der Waals surface area contributed by atoms with Crippen LogP contribution < -0.4 is 15.0 Å². The van der Waals surface area contributed by atoms with Crippen molar-refractivity contribution in [2.24, 2.45) is 5.92 Å². The average Bonchev–Trinajstić information content (AvgIpc) is 3.80. The molecule has 3 amide bonds. The van der Waals surface area contributed by atoms with Gasteiger partial charge in [-0.3, -0.25) is 14.9 Å². The quantitative estimate of drug-likeness (QED) is 0.151. The molecule has 1 unspecified atom stereocenters. The highest BCUT2D eigenvalue weighted by Gasteiger charge is 2.64. The molecule has 4 bridgehead atoms. The maximum absolute atomic E-state index is 14.1. The topological polar surface area (TPSA) is 156 Å². The van der Waals surface area contributed by atoms with Gasteiger partial charge in [0.2, 0.25) is 11.8 Å². The summed E-state index contributed by atoms with van der Waals surface area (Å²) in [6.07, 6.45) is 3.17. The molecule has 0 radical (unpaired) electrons. The fraction of sp³-hybridized carbons (Fsp3) is 0.611. The minimum absolute atomic E-state index is 0.0452. The summed E-state index contributed by atoms with van der Waals surface area (Å²) >= 11 is 6.75. The zero-order valence-electron chi connectivity index (χ0n) is 31.1. The number of likely N-dealkylation sites (N-methyl/N-ethyl adjacent to an activating group) is 1. The third-order valence-corrected chi connectivity index (χ3v) is 12.2. The fourth-order valence-electron chi connectivity index (χ4n) is 6.61. The van der Waals surface area contributed by atoms with Crippen molar-refractivity contribution in [2.75, 3.05) is 45.2 Å². The van der Waals surface area contributed by atoms with Crippen molar-refractivity contribution in [1.29, 1.82) is 0 Å². The van der Waals surface area contributed by atoms with Crippen LogP contribution in [0.4, 0.5) is 10.5 Å². The first-order valence-corrected chi connectivity index (χ1v) is 20.1. The maximum Gasteiger partial charge on any atom is 0.409 e. The van der Waals surface area contributed by atoms with E-state index >= 15 is 0 Å². The third-order valence-electron chi connectivity index (χ3n) is 10.0. The SMILES string of the molecule is COc1cc2cc(c1Cl)N(C)C(=O)C[C@@H](OC(=O)[C@H](C)N(C)C(=O)CCSSC)[C@]1(C)OC1[C@H](C)[C@@H]1C[C@@](O)(NC(=O)O1)[C@H](OC)/C=C\C=C(/C)C2. The lowest BCUT2D eigenvalue weighted by Crippen LogP contribution is -2.63. The molecule has 3 aliphatic rings. The van der Waals surface area contributed by atoms with Crippen LogP contribution in [0.25, 0.3) is 0 Å². The Hall–Kier alpha value is -2.95. The Morgan fingerprint density at radius 2 is 1.98 bits per heavy atom. The number of rotatable bonds is 9. The van der Waals surface area contributed by atoms with Gasteiger partial charge in [0.1, 0.15) is 40.7 Å². The minimum Gasteiger partial charge on any atom is -0.495 e. The number of amides is 3. The number of ether oxygens (including phenoxy) is 5. The monoisotopic (exact) mass is 783 g/mol. The van der Waals surface area contributed by atoms with Crippen molar-refractivity contribution >= 4 is 62.8 Å². The number of epoxide rings is 1. The van der Waals surface area contributed by atoms with Gasteiger partial charge in [-0.15, -0.1) is 0 Å². The number of benzene rings is 1. The molecule has 2 N–H and O–H groups in total. The Balaban J connectivity index is 1.74. The van der Waals surface area contributed by atoms with Crippen LogP contribution in [0.15, 0.2) is 35.9 Å². The van der Waals surface area contributed by atoms with Gasteiger partial charge in [0, 0.05) is 45.7 Å². The Morgan fingerprint density at radius 1 is 1.27 bits per heavy atom. The van der Waals surface area contributed by atoms with Gasteiger partial charge < -0.3 is 38.6 Å². The van der Waals surface area contributed by atoms with Crippen LogP contribution in [0.2, 0.25) is 5.02 Å². The van der Waals surface area contributed by atoms with Gasteiger partial charge in [0.25, 0.3) is 0 Å². The standard InChI is InChI=1S/C36H50ClN3O10S2/c1-20-11-10-12-27(47-8)36(45)19-26(48-34(44)38-36)21(2)32-35(4,50-32)28(49-33(43)22(3)39(5)29(41)13-14-52-51-9)18-30(42)40(6)24-16-23(15-20)17-25(46-7)31(24)37/h10-12,16-17,21-22,26-28,32,45H,13-15,18-19H2,1-9H3,(H,38,44)/b12-10-,20-11+/t21-,22+,26+,27-,28-,32?,35+,36+/m1/s1. The summed E-state index contributed by atoms with van der Waals surface area (Å²) in [5.41, 5.74) is -0.884. The molecular weight excluding hydrogens is 734 g/mol. The lowest BCUT2D eigenvalue weighted by atomic mass is 9.83.